The Morgan fingerprint density at radius 1 is 1.24 bits per heavy atom. The number of Topliss-reactive ketones (excluding diaryl/α,β-unsaturated/α-hetero) is 2. The van der Waals surface area contributed by atoms with Crippen LogP contribution in [0.3, 0.4) is 0 Å². The highest BCUT2D eigenvalue weighted by Gasteiger charge is 2.68. The minimum Gasteiger partial charge on any atom is -0.508 e. The summed E-state index contributed by atoms with van der Waals surface area (Å²) in [7, 11) is 1.51. The number of fused-ring (bicyclic) bond motifs is 3. The second-order valence-corrected chi connectivity index (χ2v) is 9.87. The number of rotatable bonds is 3. The van der Waals surface area contributed by atoms with Crippen LogP contribution in [0.15, 0.2) is 33.5 Å². The molecule has 3 aliphatic rings. The van der Waals surface area contributed by atoms with Crippen molar-refractivity contribution in [3.8, 4) is 5.75 Å². The SMILES string of the molecule is CCN(C)[C@@H]1C(=O)C(C(N)=O)=C(O)[C@@]2(O)C(=O)C3=C(O)c4c(O)ccc(Br)c4C(C)C3C(O)C12. The van der Waals surface area contributed by atoms with E-state index in [9.17, 15) is 39.9 Å². The smallest absolute Gasteiger partial charge is 0.255 e. The van der Waals surface area contributed by atoms with Crippen molar-refractivity contribution in [3.63, 3.8) is 0 Å². The van der Waals surface area contributed by atoms with Gasteiger partial charge in [-0.05, 0) is 37.2 Å². The number of aromatic hydroxyl groups is 1. The second-order valence-electron chi connectivity index (χ2n) is 9.01. The molecule has 34 heavy (non-hydrogen) atoms. The number of aliphatic hydroxyl groups is 4. The van der Waals surface area contributed by atoms with Crippen LogP contribution < -0.4 is 5.73 Å². The summed E-state index contributed by atoms with van der Waals surface area (Å²) in [6, 6.07) is 1.50. The van der Waals surface area contributed by atoms with E-state index >= 15 is 0 Å². The van der Waals surface area contributed by atoms with Gasteiger partial charge in [0.25, 0.3) is 5.91 Å². The van der Waals surface area contributed by atoms with E-state index < -0.39 is 75.6 Å². The van der Waals surface area contributed by atoms with Crippen LogP contribution in [0.4, 0.5) is 0 Å². The maximum atomic E-state index is 13.8. The number of hydrogen-bond donors (Lipinski definition) is 6. The number of nitrogens with zero attached hydrogens (tertiary/aromatic N) is 1. The summed E-state index contributed by atoms with van der Waals surface area (Å²) in [6.45, 7) is 3.61. The fourth-order valence-electron chi connectivity index (χ4n) is 5.76. The average molecular weight is 537 g/mol. The van der Waals surface area contributed by atoms with E-state index in [1.165, 1.54) is 18.0 Å². The molecule has 0 radical (unpaired) electrons. The van der Waals surface area contributed by atoms with Crippen molar-refractivity contribution in [2.75, 3.05) is 13.6 Å². The molecular weight excluding hydrogens is 512 g/mol. The van der Waals surface area contributed by atoms with Crippen molar-refractivity contribution in [1.82, 2.24) is 4.90 Å². The summed E-state index contributed by atoms with van der Waals surface area (Å²) in [5.74, 6) is -9.00. The minimum atomic E-state index is -2.91. The van der Waals surface area contributed by atoms with Crippen molar-refractivity contribution in [2.24, 2.45) is 17.6 Å². The first-order valence-corrected chi connectivity index (χ1v) is 11.5. The highest BCUT2D eigenvalue weighted by molar-refractivity contribution is 9.10. The average Bonchev–Trinajstić information content (AvgIpc) is 2.77. The van der Waals surface area contributed by atoms with Gasteiger partial charge in [0.2, 0.25) is 5.78 Å². The van der Waals surface area contributed by atoms with Crippen LogP contribution >= 0.6 is 15.9 Å². The number of nitrogens with two attached hydrogens (primary N) is 1. The zero-order chi connectivity index (χ0) is 25.4. The first kappa shape index (κ1) is 24.4. The fourth-order valence-corrected chi connectivity index (χ4v) is 6.45. The Bertz CT molecular complexity index is 1210. The molecule has 1 saturated carbocycles. The normalized spacial score (nSPS) is 33.1. The third-order valence-electron chi connectivity index (χ3n) is 7.47. The van der Waals surface area contributed by atoms with E-state index in [1.807, 2.05) is 0 Å². The molecule has 0 bridgehead atoms. The lowest BCUT2D eigenvalue weighted by Crippen LogP contribution is -2.70. The van der Waals surface area contributed by atoms with Gasteiger partial charge >= 0.3 is 0 Å². The standard InChI is InChI=1S/C23H25BrN2O8/c1-4-26(3)16-15-18(29)11-7(2)10-8(24)5-6-9(27)12(10)17(28)13(11)20(31)23(15,34)21(32)14(19(16)30)22(25)33/h5-7,11,15-16,18,27-29,32,34H,4H2,1-3H3,(H2,25,33)/t7?,11?,15?,16-,18?,23-/m0/s1. The largest absolute Gasteiger partial charge is 0.508 e. The number of amides is 1. The molecule has 10 nitrogen and oxygen atoms in total. The molecular formula is C23H25BrN2O8. The summed E-state index contributed by atoms with van der Waals surface area (Å²) in [6.07, 6.45) is -1.61. The van der Waals surface area contributed by atoms with Gasteiger partial charge in [-0.1, -0.05) is 29.8 Å². The topological polar surface area (TPSA) is 182 Å². The number of phenolic OH excluding ortho intramolecular Hbond substituents is 1. The van der Waals surface area contributed by atoms with Gasteiger partial charge in [-0.2, -0.15) is 0 Å². The zero-order valence-corrected chi connectivity index (χ0v) is 20.2. The number of carbonyl (C=O) groups is 3. The van der Waals surface area contributed by atoms with Crippen molar-refractivity contribution in [3.05, 3.63) is 44.6 Å². The van der Waals surface area contributed by atoms with Gasteiger partial charge < -0.3 is 31.3 Å². The molecule has 1 aromatic carbocycles. The highest BCUT2D eigenvalue weighted by atomic mass is 79.9. The van der Waals surface area contributed by atoms with Gasteiger partial charge in [-0.15, -0.1) is 0 Å². The van der Waals surface area contributed by atoms with Crippen LogP contribution in [0.5, 0.6) is 5.75 Å². The molecule has 6 atom stereocenters. The summed E-state index contributed by atoms with van der Waals surface area (Å²) < 4.78 is 0.514. The van der Waals surface area contributed by atoms with Gasteiger partial charge in [-0.25, -0.2) is 0 Å². The first-order valence-electron chi connectivity index (χ1n) is 10.7. The molecule has 182 valence electrons. The maximum absolute atomic E-state index is 13.8. The number of carbonyl (C=O) groups excluding carboxylic acids is 3. The molecule has 0 aromatic heterocycles. The fraction of sp³-hybridized carbons (Fsp3) is 0.435. The van der Waals surface area contributed by atoms with Crippen molar-refractivity contribution < 1.29 is 39.9 Å². The van der Waals surface area contributed by atoms with E-state index in [-0.39, 0.29) is 17.9 Å². The first-order chi connectivity index (χ1) is 15.8. The lowest BCUT2D eigenvalue weighted by molar-refractivity contribution is -0.170. The Morgan fingerprint density at radius 3 is 2.41 bits per heavy atom. The molecule has 4 rings (SSSR count). The van der Waals surface area contributed by atoms with E-state index in [0.29, 0.717) is 10.0 Å². The zero-order valence-electron chi connectivity index (χ0n) is 18.6. The van der Waals surface area contributed by atoms with Crippen molar-refractivity contribution >= 4 is 39.2 Å². The Labute approximate surface area is 203 Å². The third-order valence-corrected chi connectivity index (χ3v) is 8.16. The molecule has 1 fully saturated rings. The van der Waals surface area contributed by atoms with Gasteiger partial charge in [0.15, 0.2) is 11.4 Å². The predicted molar refractivity (Wildman–Crippen MR) is 123 cm³/mol. The van der Waals surface area contributed by atoms with Crippen LogP contribution in [0.1, 0.15) is 30.9 Å². The Balaban J connectivity index is 2.08. The lowest BCUT2D eigenvalue weighted by atomic mass is 9.54. The molecule has 7 N–H and O–H groups in total. The van der Waals surface area contributed by atoms with Crippen LogP contribution in [-0.4, -0.2) is 79.2 Å². The van der Waals surface area contributed by atoms with Gasteiger partial charge in [0.1, 0.15) is 22.8 Å². The van der Waals surface area contributed by atoms with Gasteiger partial charge in [0.05, 0.1) is 23.6 Å². The summed E-state index contributed by atoms with van der Waals surface area (Å²) in [4.78, 5) is 40.6. The van der Waals surface area contributed by atoms with E-state index in [4.69, 9.17) is 5.73 Å². The number of benzene rings is 1. The lowest BCUT2D eigenvalue weighted by Gasteiger charge is -2.54. The summed E-state index contributed by atoms with van der Waals surface area (Å²) in [5.41, 5.74) is 1.44. The van der Waals surface area contributed by atoms with Crippen LogP contribution in [0.2, 0.25) is 0 Å². The van der Waals surface area contributed by atoms with Crippen LogP contribution in [0.25, 0.3) is 5.76 Å². The van der Waals surface area contributed by atoms with E-state index in [0.717, 1.165) is 0 Å². The Morgan fingerprint density at radius 2 is 1.85 bits per heavy atom. The predicted octanol–water partition coefficient (Wildman–Crippen LogP) is 0.648. The molecule has 0 aliphatic heterocycles. The number of ketones is 2. The Kier molecular flexibility index (Phi) is 5.67. The molecule has 1 aromatic rings. The quantitative estimate of drug-likeness (QED) is 0.302. The minimum absolute atomic E-state index is 0.0524. The molecule has 1 amide bonds. The number of likely N-dealkylation sites (N-methyl/N-ethyl adjacent to an activating group) is 1. The molecule has 0 saturated heterocycles. The van der Waals surface area contributed by atoms with Crippen LogP contribution in [-0.2, 0) is 14.4 Å². The summed E-state index contributed by atoms with van der Waals surface area (Å²) >= 11 is 3.38. The molecule has 0 spiro atoms. The molecule has 4 unspecified atom stereocenters. The second kappa shape index (κ2) is 7.91. The van der Waals surface area contributed by atoms with E-state index in [1.54, 1.807) is 19.9 Å². The van der Waals surface area contributed by atoms with Gasteiger partial charge in [-0.3, -0.25) is 19.3 Å². The third kappa shape index (κ3) is 2.87. The highest BCUT2D eigenvalue weighted by Crippen LogP contribution is 2.57. The van der Waals surface area contributed by atoms with Crippen molar-refractivity contribution in [2.45, 2.75) is 37.5 Å². The number of halogens is 1. The number of aliphatic hydroxyl groups excluding tert-OH is 3. The number of phenols is 1. The van der Waals surface area contributed by atoms with Crippen LogP contribution in [0, 0.1) is 11.8 Å². The molecule has 3 aliphatic carbocycles. The van der Waals surface area contributed by atoms with Gasteiger partial charge in [0, 0.05) is 16.0 Å². The molecule has 11 heteroatoms. The molecule has 0 heterocycles. The number of hydrogen-bond acceptors (Lipinski definition) is 9. The Hall–Kier alpha value is -2.73. The van der Waals surface area contributed by atoms with E-state index in [2.05, 4.69) is 15.9 Å². The summed E-state index contributed by atoms with van der Waals surface area (Å²) in [5, 5.41) is 55.6. The number of primary amides is 1. The monoisotopic (exact) mass is 536 g/mol. The van der Waals surface area contributed by atoms with Crippen molar-refractivity contribution in [1.29, 1.82) is 0 Å². The maximum Gasteiger partial charge on any atom is 0.255 e.